The molecule has 0 aliphatic heterocycles. The highest BCUT2D eigenvalue weighted by atomic mass is 32.2. The Kier molecular flexibility index (Phi) is 6.42. The third-order valence-electron chi connectivity index (χ3n) is 2.68. The molecule has 19 heavy (non-hydrogen) atoms. The monoisotopic (exact) mass is 281 g/mol. The Hall–Kier alpha value is -1.49. The summed E-state index contributed by atoms with van der Waals surface area (Å²) in [6, 6.07) is 6.45. The molecule has 0 bridgehead atoms. The van der Waals surface area contributed by atoms with E-state index < -0.39 is 12.0 Å². The summed E-state index contributed by atoms with van der Waals surface area (Å²) in [4.78, 5) is 23.0. The number of amides is 1. The molecular weight excluding hydrogens is 262 g/mol. The standard InChI is InChI=1S/C14H19NO3S/c1-3-5-12(14(17)18)15-13(16)11-7-4-6-10(8-11)9-19-2/h4,6-8,12H,3,5,9H2,1-2H3,(H,15,16)(H,17,18). The minimum Gasteiger partial charge on any atom is -0.480 e. The number of carbonyl (C=O) groups is 2. The number of hydrogen-bond donors (Lipinski definition) is 2. The molecule has 1 aromatic rings. The van der Waals surface area contributed by atoms with Crippen LogP contribution in [0.1, 0.15) is 35.7 Å². The Morgan fingerprint density at radius 2 is 2.16 bits per heavy atom. The topological polar surface area (TPSA) is 66.4 Å². The molecule has 0 radical (unpaired) electrons. The average Bonchev–Trinajstić information content (AvgIpc) is 2.38. The number of aliphatic carboxylic acids is 1. The van der Waals surface area contributed by atoms with E-state index in [0.29, 0.717) is 18.4 Å². The first-order valence-electron chi connectivity index (χ1n) is 6.20. The second-order valence-corrected chi connectivity index (χ2v) is 5.15. The molecule has 1 unspecified atom stereocenters. The summed E-state index contributed by atoms with van der Waals surface area (Å²) in [7, 11) is 0. The fourth-order valence-corrected chi connectivity index (χ4v) is 2.27. The van der Waals surface area contributed by atoms with Gasteiger partial charge in [0.1, 0.15) is 6.04 Å². The molecule has 1 aromatic carbocycles. The number of benzene rings is 1. The number of hydrogen-bond acceptors (Lipinski definition) is 3. The Bertz CT molecular complexity index is 448. The van der Waals surface area contributed by atoms with Crippen molar-refractivity contribution in [3.63, 3.8) is 0 Å². The lowest BCUT2D eigenvalue weighted by Crippen LogP contribution is -2.40. The van der Waals surface area contributed by atoms with Crippen LogP contribution in [0.5, 0.6) is 0 Å². The molecule has 0 aliphatic carbocycles. The summed E-state index contributed by atoms with van der Waals surface area (Å²) >= 11 is 1.68. The van der Waals surface area contributed by atoms with Gasteiger partial charge in [-0.2, -0.15) is 11.8 Å². The zero-order valence-corrected chi connectivity index (χ0v) is 12.0. The van der Waals surface area contributed by atoms with Crippen LogP contribution in [0, 0.1) is 0 Å². The van der Waals surface area contributed by atoms with Crippen molar-refractivity contribution in [1.82, 2.24) is 5.32 Å². The zero-order valence-electron chi connectivity index (χ0n) is 11.2. The van der Waals surface area contributed by atoms with E-state index in [2.05, 4.69) is 5.32 Å². The average molecular weight is 281 g/mol. The van der Waals surface area contributed by atoms with Crippen molar-refractivity contribution in [3.05, 3.63) is 35.4 Å². The van der Waals surface area contributed by atoms with Crippen molar-refractivity contribution in [2.45, 2.75) is 31.6 Å². The Balaban J connectivity index is 2.76. The van der Waals surface area contributed by atoms with Gasteiger partial charge >= 0.3 is 5.97 Å². The van der Waals surface area contributed by atoms with Gasteiger partial charge in [-0.1, -0.05) is 25.5 Å². The van der Waals surface area contributed by atoms with E-state index in [0.717, 1.165) is 11.3 Å². The van der Waals surface area contributed by atoms with Gasteiger partial charge in [0.25, 0.3) is 5.91 Å². The minimum absolute atomic E-state index is 0.330. The normalized spacial score (nSPS) is 11.9. The molecule has 4 nitrogen and oxygen atoms in total. The van der Waals surface area contributed by atoms with Gasteiger partial charge in [0.15, 0.2) is 0 Å². The smallest absolute Gasteiger partial charge is 0.326 e. The van der Waals surface area contributed by atoms with Crippen LogP contribution in [0.3, 0.4) is 0 Å². The van der Waals surface area contributed by atoms with Crippen LogP contribution < -0.4 is 5.32 Å². The maximum Gasteiger partial charge on any atom is 0.326 e. The molecule has 0 aliphatic rings. The van der Waals surface area contributed by atoms with Gasteiger partial charge in [0.2, 0.25) is 0 Å². The summed E-state index contributed by atoms with van der Waals surface area (Å²) < 4.78 is 0. The first-order chi connectivity index (χ1) is 9.08. The van der Waals surface area contributed by atoms with Crippen LogP contribution in [-0.2, 0) is 10.5 Å². The van der Waals surface area contributed by atoms with E-state index >= 15 is 0 Å². The van der Waals surface area contributed by atoms with Crippen molar-refractivity contribution >= 4 is 23.6 Å². The minimum atomic E-state index is -0.990. The highest BCUT2D eigenvalue weighted by Crippen LogP contribution is 2.12. The third kappa shape index (κ3) is 4.95. The van der Waals surface area contributed by atoms with Crippen LogP contribution in [0.4, 0.5) is 0 Å². The van der Waals surface area contributed by atoms with E-state index in [1.54, 1.807) is 23.9 Å². The lowest BCUT2D eigenvalue weighted by molar-refractivity contribution is -0.139. The van der Waals surface area contributed by atoms with Crippen LogP contribution in [0.25, 0.3) is 0 Å². The van der Waals surface area contributed by atoms with Crippen molar-refractivity contribution in [3.8, 4) is 0 Å². The van der Waals surface area contributed by atoms with Gasteiger partial charge in [-0.05, 0) is 30.4 Å². The summed E-state index contributed by atoms with van der Waals surface area (Å²) in [5.74, 6) is -0.488. The highest BCUT2D eigenvalue weighted by Gasteiger charge is 2.19. The molecule has 0 saturated carbocycles. The number of rotatable bonds is 7. The molecule has 0 aromatic heterocycles. The molecule has 0 fully saturated rings. The van der Waals surface area contributed by atoms with Crippen LogP contribution >= 0.6 is 11.8 Å². The predicted molar refractivity (Wildman–Crippen MR) is 77.5 cm³/mol. The van der Waals surface area contributed by atoms with Gasteiger partial charge in [-0.25, -0.2) is 4.79 Å². The van der Waals surface area contributed by atoms with Crippen molar-refractivity contribution in [2.24, 2.45) is 0 Å². The first-order valence-corrected chi connectivity index (χ1v) is 7.59. The summed E-state index contributed by atoms with van der Waals surface area (Å²) in [5.41, 5.74) is 1.57. The zero-order chi connectivity index (χ0) is 14.3. The van der Waals surface area contributed by atoms with E-state index in [4.69, 9.17) is 5.11 Å². The maximum absolute atomic E-state index is 12.0. The second-order valence-electron chi connectivity index (χ2n) is 4.29. The van der Waals surface area contributed by atoms with Crippen molar-refractivity contribution in [1.29, 1.82) is 0 Å². The predicted octanol–water partition coefficient (Wildman–Crippen LogP) is 2.53. The molecule has 0 saturated heterocycles. The summed E-state index contributed by atoms with van der Waals surface area (Å²) in [6.07, 6.45) is 3.14. The lowest BCUT2D eigenvalue weighted by atomic mass is 10.1. The molecule has 0 spiro atoms. The largest absolute Gasteiger partial charge is 0.480 e. The van der Waals surface area contributed by atoms with Crippen LogP contribution in [-0.4, -0.2) is 29.3 Å². The Labute approximate surface area is 117 Å². The Morgan fingerprint density at radius 3 is 2.74 bits per heavy atom. The number of nitrogens with one attached hydrogen (secondary N) is 1. The van der Waals surface area contributed by atoms with Gasteiger partial charge in [-0.3, -0.25) is 4.79 Å². The highest BCUT2D eigenvalue weighted by molar-refractivity contribution is 7.97. The van der Waals surface area contributed by atoms with Gasteiger partial charge in [0, 0.05) is 11.3 Å². The van der Waals surface area contributed by atoms with E-state index in [-0.39, 0.29) is 5.91 Å². The number of carboxylic acids is 1. The van der Waals surface area contributed by atoms with Gasteiger partial charge in [-0.15, -0.1) is 0 Å². The van der Waals surface area contributed by atoms with E-state index in [1.165, 1.54) is 0 Å². The molecule has 1 amide bonds. The molecule has 2 N–H and O–H groups in total. The van der Waals surface area contributed by atoms with Crippen LogP contribution in [0.15, 0.2) is 24.3 Å². The molecule has 1 rings (SSSR count). The molecule has 0 heterocycles. The SMILES string of the molecule is CCCC(NC(=O)c1cccc(CSC)c1)C(=O)O. The molecule has 1 atom stereocenters. The summed E-state index contributed by atoms with van der Waals surface area (Å²) in [5, 5.41) is 11.6. The third-order valence-corrected chi connectivity index (χ3v) is 3.30. The molecule has 5 heteroatoms. The van der Waals surface area contributed by atoms with Gasteiger partial charge < -0.3 is 10.4 Å². The first kappa shape index (κ1) is 15.6. The maximum atomic E-state index is 12.0. The fraction of sp³-hybridized carbons (Fsp3) is 0.429. The number of carbonyl (C=O) groups excluding carboxylic acids is 1. The van der Waals surface area contributed by atoms with E-state index in [9.17, 15) is 9.59 Å². The Morgan fingerprint density at radius 1 is 1.42 bits per heavy atom. The quantitative estimate of drug-likeness (QED) is 0.806. The lowest BCUT2D eigenvalue weighted by Gasteiger charge is -2.13. The van der Waals surface area contributed by atoms with E-state index in [1.807, 2.05) is 25.3 Å². The second kappa shape index (κ2) is 7.84. The number of carboxylic acid groups (broad SMARTS) is 1. The summed E-state index contributed by atoms with van der Waals surface area (Å²) in [6.45, 7) is 1.89. The number of thioether (sulfide) groups is 1. The van der Waals surface area contributed by atoms with Crippen molar-refractivity contribution in [2.75, 3.05) is 6.26 Å². The van der Waals surface area contributed by atoms with Crippen molar-refractivity contribution < 1.29 is 14.7 Å². The van der Waals surface area contributed by atoms with Gasteiger partial charge in [0.05, 0.1) is 0 Å². The molecular formula is C14H19NO3S. The van der Waals surface area contributed by atoms with Crippen LogP contribution in [0.2, 0.25) is 0 Å². The fourth-order valence-electron chi connectivity index (χ4n) is 1.76. The molecule has 104 valence electrons.